The normalized spacial score (nSPS) is 10.9. The third kappa shape index (κ3) is 4.63. The van der Waals surface area contributed by atoms with Crippen molar-refractivity contribution in [3.8, 4) is 17.0 Å². The van der Waals surface area contributed by atoms with Crippen LogP contribution in [0.15, 0.2) is 79.0 Å². The number of rotatable bonds is 6. The van der Waals surface area contributed by atoms with Crippen LogP contribution in [0.2, 0.25) is 0 Å². The van der Waals surface area contributed by atoms with Crippen LogP contribution in [0.3, 0.4) is 0 Å². The summed E-state index contributed by atoms with van der Waals surface area (Å²) in [4.78, 5) is 21.0. The molecule has 4 rings (SSSR count). The summed E-state index contributed by atoms with van der Waals surface area (Å²) in [6.45, 7) is 4.07. The lowest BCUT2D eigenvalue weighted by Crippen LogP contribution is -2.11. The molecule has 1 aromatic heterocycles. The van der Waals surface area contributed by atoms with Crippen LogP contribution in [0.1, 0.15) is 29.8 Å². The molecule has 30 heavy (non-hydrogen) atoms. The molecule has 0 saturated carbocycles. The maximum Gasteiger partial charge on any atom is 0.338 e. The zero-order chi connectivity index (χ0) is 20.9. The van der Waals surface area contributed by atoms with E-state index in [-0.39, 0.29) is 12.1 Å². The van der Waals surface area contributed by atoms with Crippen molar-refractivity contribution in [2.45, 2.75) is 26.6 Å². The van der Waals surface area contributed by atoms with Crippen molar-refractivity contribution < 1.29 is 14.3 Å². The summed E-state index contributed by atoms with van der Waals surface area (Å²) in [5.41, 5.74) is 5.06. The first-order valence-electron chi connectivity index (χ1n) is 9.83. The summed E-state index contributed by atoms with van der Waals surface area (Å²) >= 11 is 0. The minimum absolute atomic E-state index is 0.135. The maximum absolute atomic E-state index is 11.9. The molecule has 0 aliphatic carbocycles. The SMILES string of the molecule is CC(C)OC(=O)c1ccc(COc2ccc(-c3cnc4ccccc4n3)cc2)cc1. The summed E-state index contributed by atoms with van der Waals surface area (Å²) in [6.07, 6.45) is 1.65. The summed E-state index contributed by atoms with van der Waals surface area (Å²) < 4.78 is 11.1. The molecule has 0 radical (unpaired) electrons. The molecule has 0 aliphatic rings. The number of carbonyl (C=O) groups excluding carboxylic acids is 1. The van der Waals surface area contributed by atoms with Crippen molar-refractivity contribution in [1.82, 2.24) is 9.97 Å². The predicted octanol–water partition coefficient (Wildman–Crippen LogP) is 5.44. The van der Waals surface area contributed by atoms with Gasteiger partial charge in [0.15, 0.2) is 0 Å². The third-order valence-corrected chi connectivity index (χ3v) is 4.54. The average Bonchev–Trinajstić information content (AvgIpc) is 2.77. The van der Waals surface area contributed by atoms with E-state index in [1.807, 2.05) is 74.5 Å². The largest absolute Gasteiger partial charge is 0.489 e. The van der Waals surface area contributed by atoms with Crippen molar-refractivity contribution in [1.29, 1.82) is 0 Å². The highest BCUT2D eigenvalue weighted by atomic mass is 16.5. The minimum atomic E-state index is -0.315. The Bertz CT molecular complexity index is 1150. The molecule has 0 saturated heterocycles. The third-order valence-electron chi connectivity index (χ3n) is 4.54. The lowest BCUT2D eigenvalue weighted by atomic mass is 10.1. The molecule has 150 valence electrons. The number of hydrogen-bond donors (Lipinski definition) is 0. The van der Waals surface area contributed by atoms with Gasteiger partial charge in [0.05, 0.1) is 34.6 Å². The molecule has 0 fully saturated rings. The molecular weight excluding hydrogens is 376 g/mol. The molecule has 1 heterocycles. The van der Waals surface area contributed by atoms with E-state index in [4.69, 9.17) is 9.47 Å². The topological polar surface area (TPSA) is 61.3 Å². The predicted molar refractivity (Wildman–Crippen MR) is 116 cm³/mol. The first-order chi connectivity index (χ1) is 14.6. The van der Waals surface area contributed by atoms with Crippen molar-refractivity contribution in [3.63, 3.8) is 0 Å². The molecule has 5 heteroatoms. The van der Waals surface area contributed by atoms with Gasteiger partial charge in [-0.1, -0.05) is 24.3 Å². The number of fused-ring (bicyclic) bond motifs is 1. The van der Waals surface area contributed by atoms with Crippen LogP contribution in [0, 0.1) is 0 Å². The fraction of sp³-hybridized carbons (Fsp3) is 0.160. The summed E-state index contributed by atoms with van der Waals surface area (Å²) in [6, 6.07) is 22.8. The first kappa shape index (κ1) is 19.6. The zero-order valence-electron chi connectivity index (χ0n) is 16.9. The Kier molecular flexibility index (Phi) is 5.70. The van der Waals surface area contributed by atoms with E-state index in [0.29, 0.717) is 12.2 Å². The highest BCUT2D eigenvalue weighted by molar-refractivity contribution is 5.89. The zero-order valence-corrected chi connectivity index (χ0v) is 16.9. The smallest absolute Gasteiger partial charge is 0.338 e. The van der Waals surface area contributed by atoms with Crippen LogP contribution >= 0.6 is 0 Å². The molecule has 0 atom stereocenters. The molecule has 0 bridgehead atoms. The summed E-state index contributed by atoms with van der Waals surface area (Å²) in [5, 5.41) is 0. The molecular formula is C25H22N2O3. The number of hydrogen-bond acceptors (Lipinski definition) is 5. The Hall–Kier alpha value is -3.73. The number of esters is 1. The molecule has 5 nitrogen and oxygen atoms in total. The number of ether oxygens (including phenoxy) is 2. The Morgan fingerprint density at radius 2 is 1.60 bits per heavy atom. The lowest BCUT2D eigenvalue weighted by molar-refractivity contribution is 0.0378. The quantitative estimate of drug-likeness (QED) is 0.405. The molecule has 0 unspecified atom stereocenters. The van der Waals surface area contributed by atoms with Crippen LogP contribution in [0.25, 0.3) is 22.3 Å². The van der Waals surface area contributed by atoms with Crippen molar-refractivity contribution in [2.75, 3.05) is 0 Å². The summed E-state index contributed by atoms with van der Waals surface area (Å²) in [7, 11) is 0. The van der Waals surface area contributed by atoms with Gasteiger partial charge in [-0.2, -0.15) is 0 Å². The number of carbonyl (C=O) groups is 1. The van der Waals surface area contributed by atoms with E-state index >= 15 is 0 Å². The van der Waals surface area contributed by atoms with E-state index < -0.39 is 0 Å². The van der Waals surface area contributed by atoms with E-state index in [1.54, 1.807) is 18.3 Å². The highest BCUT2D eigenvalue weighted by Crippen LogP contribution is 2.22. The van der Waals surface area contributed by atoms with E-state index in [9.17, 15) is 4.79 Å². The van der Waals surface area contributed by atoms with Gasteiger partial charge in [0.1, 0.15) is 12.4 Å². The van der Waals surface area contributed by atoms with Crippen molar-refractivity contribution in [3.05, 3.63) is 90.1 Å². The van der Waals surface area contributed by atoms with Crippen LogP contribution in [0.5, 0.6) is 5.75 Å². The van der Waals surface area contributed by atoms with Crippen LogP contribution in [-0.2, 0) is 11.3 Å². The van der Waals surface area contributed by atoms with Gasteiger partial charge in [-0.25, -0.2) is 9.78 Å². The molecule has 0 N–H and O–H groups in total. The number of aromatic nitrogens is 2. The second-order valence-corrected chi connectivity index (χ2v) is 7.21. The van der Waals surface area contributed by atoms with Crippen molar-refractivity contribution in [2.24, 2.45) is 0 Å². The van der Waals surface area contributed by atoms with Gasteiger partial charge in [-0.3, -0.25) is 4.98 Å². The second kappa shape index (κ2) is 8.74. The summed E-state index contributed by atoms with van der Waals surface area (Å²) in [5.74, 6) is 0.445. The van der Waals surface area contributed by atoms with Crippen molar-refractivity contribution >= 4 is 17.0 Å². The van der Waals surface area contributed by atoms with Gasteiger partial charge >= 0.3 is 5.97 Å². The fourth-order valence-corrected chi connectivity index (χ4v) is 3.00. The van der Waals surface area contributed by atoms with Crippen LogP contribution < -0.4 is 4.74 Å². The molecule has 0 spiro atoms. The second-order valence-electron chi connectivity index (χ2n) is 7.21. The average molecular weight is 398 g/mol. The van der Waals surface area contributed by atoms with Gasteiger partial charge in [0, 0.05) is 5.56 Å². The molecule has 4 aromatic rings. The Balaban J connectivity index is 1.39. The first-order valence-corrected chi connectivity index (χ1v) is 9.83. The fourth-order valence-electron chi connectivity index (χ4n) is 3.00. The van der Waals surface area contributed by atoms with E-state index in [0.717, 1.165) is 33.6 Å². The van der Waals surface area contributed by atoms with Crippen LogP contribution in [0.4, 0.5) is 0 Å². The monoisotopic (exact) mass is 398 g/mol. The number of nitrogens with zero attached hydrogens (tertiary/aromatic N) is 2. The van der Waals surface area contributed by atoms with Crippen LogP contribution in [-0.4, -0.2) is 22.0 Å². The number of para-hydroxylation sites is 2. The standard InChI is InChI=1S/C25H22N2O3/c1-17(2)30-25(28)20-9-7-18(8-10-20)16-29-21-13-11-19(12-14-21)24-15-26-22-5-3-4-6-23(22)27-24/h3-15,17H,16H2,1-2H3. The Labute approximate surface area is 175 Å². The van der Waals surface area contributed by atoms with E-state index in [1.165, 1.54) is 0 Å². The van der Waals surface area contributed by atoms with E-state index in [2.05, 4.69) is 9.97 Å². The van der Waals surface area contributed by atoms with Gasteiger partial charge in [-0.05, 0) is 67.9 Å². The van der Waals surface area contributed by atoms with Gasteiger partial charge in [0.2, 0.25) is 0 Å². The van der Waals surface area contributed by atoms with Gasteiger partial charge in [0.25, 0.3) is 0 Å². The minimum Gasteiger partial charge on any atom is -0.489 e. The van der Waals surface area contributed by atoms with Gasteiger partial charge in [-0.15, -0.1) is 0 Å². The van der Waals surface area contributed by atoms with Gasteiger partial charge < -0.3 is 9.47 Å². The Morgan fingerprint density at radius 3 is 2.30 bits per heavy atom. The highest BCUT2D eigenvalue weighted by Gasteiger charge is 2.09. The lowest BCUT2D eigenvalue weighted by Gasteiger charge is -2.10. The molecule has 3 aromatic carbocycles. The maximum atomic E-state index is 11.9. The molecule has 0 amide bonds. The molecule has 0 aliphatic heterocycles. The number of benzene rings is 3. The Morgan fingerprint density at radius 1 is 0.900 bits per heavy atom.